The number of ether oxygens (including phenoxy) is 1. The molecule has 120 valence electrons. The molecule has 0 spiro atoms. The first kappa shape index (κ1) is 15.6. The summed E-state index contributed by atoms with van der Waals surface area (Å²) in [5, 5.41) is 0. The number of nitrogens with one attached hydrogen (secondary N) is 1. The fraction of sp³-hybridized carbons (Fsp3) is 0.350. The van der Waals surface area contributed by atoms with Crippen LogP contribution in [0.3, 0.4) is 0 Å². The molecule has 0 fully saturated rings. The van der Waals surface area contributed by atoms with E-state index < -0.39 is 0 Å². The zero-order valence-corrected chi connectivity index (χ0v) is 14.5. The van der Waals surface area contributed by atoms with E-state index in [4.69, 9.17) is 9.72 Å². The maximum Gasteiger partial charge on any atom is 0.153 e. The number of fused-ring (bicyclic) bond motifs is 1. The quantitative estimate of drug-likeness (QED) is 0.696. The Hall–Kier alpha value is -2.29. The van der Waals surface area contributed by atoms with E-state index >= 15 is 0 Å². The van der Waals surface area contributed by atoms with Gasteiger partial charge in [0.15, 0.2) is 6.10 Å². The molecule has 2 aromatic carbocycles. The number of nitrogens with zero attached hydrogens (tertiary/aromatic N) is 1. The van der Waals surface area contributed by atoms with Crippen molar-refractivity contribution in [3.05, 3.63) is 58.9 Å². The number of aryl methyl sites for hydroxylation is 2. The van der Waals surface area contributed by atoms with Crippen molar-refractivity contribution in [1.82, 2.24) is 9.97 Å². The van der Waals surface area contributed by atoms with Crippen molar-refractivity contribution in [2.75, 3.05) is 0 Å². The molecule has 0 radical (unpaired) electrons. The second kappa shape index (κ2) is 6.07. The highest BCUT2D eigenvalue weighted by Crippen LogP contribution is 2.30. The zero-order chi connectivity index (χ0) is 16.6. The minimum Gasteiger partial charge on any atom is -0.483 e. The van der Waals surface area contributed by atoms with Crippen LogP contribution in [0, 0.1) is 13.8 Å². The van der Waals surface area contributed by atoms with Crippen LogP contribution in [0.4, 0.5) is 0 Å². The van der Waals surface area contributed by atoms with Crippen LogP contribution in [-0.4, -0.2) is 9.97 Å². The van der Waals surface area contributed by atoms with E-state index in [1.807, 2.05) is 19.1 Å². The van der Waals surface area contributed by atoms with Crippen molar-refractivity contribution >= 4 is 11.0 Å². The van der Waals surface area contributed by atoms with Gasteiger partial charge in [0.25, 0.3) is 0 Å². The van der Waals surface area contributed by atoms with Crippen molar-refractivity contribution in [3.63, 3.8) is 0 Å². The molecule has 0 saturated carbocycles. The first-order valence-corrected chi connectivity index (χ1v) is 8.18. The van der Waals surface area contributed by atoms with Gasteiger partial charge in [-0.3, -0.25) is 0 Å². The van der Waals surface area contributed by atoms with E-state index in [0.29, 0.717) is 5.92 Å². The molecule has 3 nitrogen and oxygen atoms in total. The Bertz CT molecular complexity index is 794. The summed E-state index contributed by atoms with van der Waals surface area (Å²) in [4.78, 5) is 8.10. The Morgan fingerprint density at radius 1 is 1.00 bits per heavy atom. The van der Waals surface area contributed by atoms with Crippen LogP contribution in [-0.2, 0) is 0 Å². The molecular weight excluding hydrogens is 284 g/mol. The van der Waals surface area contributed by atoms with Crippen LogP contribution < -0.4 is 4.74 Å². The highest BCUT2D eigenvalue weighted by atomic mass is 16.5. The van der Waals surface area contributed by atoms with E-state index in [2.05, 4.69) is 56.9 Å². The highest BCUT2D eigenvalue weighted by Gasteiger charge is 2.15. The molecule has 0 unspecified atom stereocenters. The number of para-hydroxylation sites is 1. The molecule has 3 heteroatoms. The Morgan fingerprint density at radius 2 is 1.70 bits per heavy atom. The number of hydrogen-bond acceptors (Lipinski definition) is 2. The average Bonchev–Trinajstić information content (AvgIpc) is 2.91. The Balaban J connectivity index is 1.90. The molecule has 0 aliphatic heterocycles. The second-order valence-corrected chi connectivity index (χ2v) is 6.53. The van der Waals surface area contributed by atoms with Gasteiger partial charge in [-0.05, 0) is 61.6 Å². The minimum atomic E-state index is -0.122. The normalized spacial score (nSPS) is 12.8. The number of hydrogen-bond donors (Lipinski definition) is 1. The third-order valence-corrected chi connectivity index (χ3v) is 4.35. The average molecular weight is 308 g/mol. The van der Waals surface area contributed by atoms with Gasteiger partial charge in [-0.25, -0.2) is 4.98 Å². The lowest BCUT2D eigenvalue weighted by molar-refractivity contribution is 0.215. The third kappa shape index (κ3) is 3.09. The molecule has 0 aliphatic carbocycles. The number of aromatic nitrogens is 2. The van der Waals surface area contributed by atoms with Crippen molar-refractivity contribution in [1.29, 1.82) is 0 Å². The summed E-state index contributed by atoms with van der Waals surface area (Å²) in [5.74, 6) is 2.23. The number of H-pyrrole nitrogens is 1. The Morgan fingerprint density at radius 3 is 2.43 bits per heavy atom. The predicted octanol–water partition coefficient (Wildman–Crippen LogP) is 5.44. The van der Waals surface area contributed by atoms with E-state index in [1.54, 1.807) is 0 Å². The van der Waals surface area contributed by atoms with Crippen LogP contribution in [0.5, 0.6) is 5.75 Å². The van der Waals surface area contributed by atoms with Gasteiger partial charge < -0.3 is 9.72 Å². The van der Waals surface area contributed by atoms with Gasteiger partial charge in [0.05, 0.1) is 11.0 Å². The molecule has 1 atom stereocenters. The fourth-order valence-corrected chi connectivity index (χ4v) is 2.79. The molecule has 0 saturated heterocycles. The van der Waals surface area contributed by atoms with E-state index in [1.165, 1.54) is 16.7 Å². The van der Waals surface area contributed by atoms with Gasteiger partial charge >= 0.3 is 0 Å². The van der Waals surface area contributed by atoms with Gasteiger partial charge in [0.2, 0.25) is 0 Å². The van der Waals surface area contributed by atoms with Crippen LogP contribution in [0.1, 0.15) is 55.3 Å². The van der Waals surface area contributed by atoms with Crippen LogP contribution in [0.2, 0.25) is 0 Å². The molecule has 3 aromatic rings. The summed E-state index contributed by atoms with van der Waals surface area (Å²) in [5.41, 5.74) is 5.81. The van der Waals surface area contributed by atoms with Crippen LogP contribution >= 0.6 is 0 Å². The molecular formula is C20H24N2O. The highest BCUT2D eigenvalue weighted by molar-refractivity contribution is 5.77. The van der Waals surface area contributed by atoms with Gasteiger partial charge in [0.1, 0.15) is 11.6 Å². The minimum absolute atomic E-state index is 0.122. The van der Waals surface area contributed by atoms with Crippen molar-refractivity contribution < 1.29 is 4.74 Å². The predicted molar refractivity (Wildman–Crippen MR) is 95.1 cm³/mol. The number of rotatable bonds is 4. The van der Waals surface area contributed by atoms with Crippen LogP contribution in [0.15, 0.2) is 36.4 Å². The summed E-state index contributed by atoms with van der Waals surface area (Å²) >= 11 is 0. The summed E-state index contributed by atoms with van der Waals surface area (Å²) < 4.78 is 6.19. The zero-order valence-electron chi connectivity index (χ0n) is 14.5. The van der Waals surface area contributed by atoms with Gasteiger partial charge in [-0.2, -0.15) is 0 Å². The fourth-order valence-electron chi connectivity index (χ4n) is 2.79. The smallest absolute Gasteiger partial charge is 0.153 e. The summed E-state index contributed by atoms with van der Waals surface area (Å²) in [7, 11) is 0. The van der Waals surface area contributed by atoms with Crippen molar-refractivity contribution in [2.24, 2.45) is 0 Å². The second-order valence-electron chi connectivity index (χ2n) is 6.53. The summed E-state index contributed by atoms with van der Waals surface area (Å²) in [6.07, 6.45) is -0.122. The molecule has 0 bridgehead atoms. The standard InChI is InChI=1S/C20H24N2O/c1-12(2)16-8-6-7-9-19(16)23-15(5)20-21-17-10-13(3)14(4)11-18(17)22-20/h6-12,15H,1-5H3,(H,21,22)/t15-/m0/s1. The molecule has 1 aromatic heterocycles. The lowest BCUT2D eigenvalue weighted by Crippen LogP contribution is -2.07. The lowest BCUT2D eigenvalue weighted by Gasteiger charge is -2.17. The first-order chi connectivity index (χ1) is 11.0. The first-order valence-electron chi connectivity index (χ1n) is 8.18. The molecule has 0 aliphatic rings. The summed E-state index contributed by atoms with van der Waals surface area (Å²) in [6.45, 7) is 10.6. The molecule has 0 amide bonds. The van der Waals surface area contributed by atoms with Crippen molar-refractivity contribution in [3.8, 4) is 5.75 Å². The topological polar surface area (TPSA) is 37.9 Å². The van der Waals surface area contributed by atoms with E-state index in [9.17, 15) is 0 Å². The van der Waals surface area contributed by atoms with Gasteiger partial charge in [-0.15, -0.1) is 0 Å². The monoisotopic (exact) mass is 308 g/mol. The van der Waals surface area contributed by atoms with E-state index in [-0.39, 0.29) is 6.10 Å². The lowest BCUT2D eigenvalue weighted by atomic mass is 10.0. The van der Waals surface area contributed by atoms with Gasteiger partial charge in [-0.1, -0.05) is 32.0 Å². The maximum absolute atomic E-state index is 6.19. The number of aromatic amines is 1. The van der Waals surface area contributed by atoms with Crippen LogP contribution in [0.25, 0.3) is 11.0 Å². The van der Waals surface area contributed by atoms with Gasteiger partial charge in [0, 0.05) is 0 Å². The maximum atomic E-state index is 6.19. The summed E-state index contributed by atoms with van der Waals surface area (Å²) in [6, 6.07) is 12.5. The third-order valence-electron chi connectivity index (χ3n) is 4.35. The Kier molecular flexibility index (Phi) is 4.12. The molecule has 1 N–H and O–H groups in total. The largest absolute Gasteiger partial charge is 0.483 e. The Labute approximate surface area is 137 Å². The molecule has 3 rings (SSSR count). The SMILES string of the molecule is Cc1cc2nc([C@H](C)Oc3ccccc3C(C)C)[nH]c2cc1C. The molecule has 23 heavy (non-hydrogen) atoms. The number of imidazole rings is 1. The van der Waals surface area contributed by atoms with E-state index in [0.717, 1.165) is 22.6 Å². The molecule has 1 heterocycles. The van der Waals surface area contributed by atoms with Crippen molar-refractivity contribution in [2.45, 2.75) is 46.6 Å². The number of benzene rings is 2.